The predicted octanol–water partition coefficient (Wildman–Crippen LogP) is 2.67. The Labute approximate surface area is 120 Å². The minimum Gasteiger partial charge on any atom is -0.478 e. The van der Waals surface area contributed by atoms with Gasteiger partial charge in [0.25, 0.3) is 5.91 Å². The number of benzene rings is 2. The number of nitrogens with two attached hydrogens (primary N) is 1. The van der Waals surface area contributed by atoms with Crippen molar-refractivity contribution in [3.8, 4) is 0 Å². The van der Waals surface area contributed by atoms with Crippen molar-refractivity contribution in [2.24, 2.45) is 0 Å². The van der Waals surface area contributed by atoms with Crippen LogP contribution in [0, 0.1) is 12.7 Å². The van der Waals surface area contributed by atoms with Crippen LogP contribution < -0.4 is 11.1 Å². The minimum absolute atomic E-state index is 0.168. The van der Waals surface area contributed by atoms with Crippen molar-refractivity contribution in [3.63, 3.8) is 0 Å². The molecule has 0 atom stereocenters. The van der Waals surface area contributed by atoms with Gasteiger partial charge in [-0.05, 0) is 42.8 Å². The SMILES string of the molecule is Cc1ccc(C(=O)Nc2ccc(C(=O)O)c(F)c2)cc1N. The van der Waals surface area contributed by atoms with Gasteiger partial charge in [0.15, 0.2) is 0 Å². The lowest BCUT2D eigenvalue weighted by Crippen LogP contribution is -2.13. The Hall–Kier alpha value is -2.89. The largest absolute Gasteiger partial charge is 0.478 e. The first-order valence-electron chi connectivity index (χ1n) is 6.09. The Kier molecular flexibility index (Phi) is 3.89. The number of hydrogen-bond donors (Lipinski definition) is 3. The second kappa shape index (κ2) is 5.62. The third kappa shape index (κ3) is 3.17. The number of carboxylic acid groups (broad SMARTS) is 1. The third-order valence-electron chi connectivity index (χ3n) is 3.00. The fraction of sp³-hybridized carbons (Fsp3) is 0.0667. The number of rotatable bonds is 3. The molecule has 0 saturated heterocycles. The molecular weight excluding hydrogens is 275 g/mol. The lowest BCUT2D eigenvalue weighted by Gasteiger charge is -2.08. The molecule has 6 heteroatoms. The molecule has 0 aliphatic heterocycles. The van der Waals surface area contributed by atoms with Crippen LogP contribution in [0.15, 0.2) is 36.4 Å². The molecule has 108 valence electrons. The normalized spacial score (nSPS) is 10.2. The lowest BCUT2D eigenvalue weighted by atomic mass is 10.1. The van der Waals surface area contributed by atoms with E-state index >= 15 is 0 Å². The van der Waals surface area contributed by atoms with Gasteiger partial charge < -0.3 is 16.2 Å². The van der Waals surface area contributed by atoms with Crippen LogP contribution in [0.2, 0.25) is 0 Å². The van der Waals surface area contributed by atoms with E-state index in [-0.39, 0.29) is 5.69 Å². The van der Waals surface area contributed by atoms with Crippen LogP contribution in [-0.4, -0.2) is 17.0 Å². The van der Waals surface area contributed by atoms with Gasteiger partial charge in [0.2, 0.25) is 0 Å². The van der Waals surface area contributed by atoms with Crippen LogP contribution in [0.3, 0.4) is 0 Å². The molecule has 0 fully saturated rings. The zero-order chi connectivity index (χ0) is 15.6. The van der Waals surface area contributed by atoms with Crippen molar-refractivity contribution in [3.05, 3.63) is 58.9 Å². The van der Waals surface area contributed by atoms with Crippen molar-refractivity contribution in [1.29, 1.82) is 0 Å². The molecule has 21 heavy (non-hydrogen) atoms. The summed E-state index contributed by atoms with van der Waals surface area (Å²) in [6, 6.07) is 8.20. The van der Waals surface area contributed by atoms with Crippen molar-refractivity contribution < 1.29 is 19.1 Å². The molecule has 1 amide bonds. The highest BCUT2D eigenvalue weighted by Gasteiger charge is 2.12. The van der Waals surface area contributed by atoms with Gasteiger partial charge in [-0.15, -0.1) is 0 Å². The van der Waals surface area contributed by atoms with Gasteiger partial charge in [0.05, 0.1) is 5.56 Å². The number of aromatic carboxylic acids is 1. The van der Waals surface area contributed by atoms with Gasteiger partial charge in [-0.2, -0.15) is 0 Å². The number of halogens is 1. The zero-order valence-electron chi connectivity index (χ0n) is 11.2. The predicted molar refractivity (Wildman–Crippen MR) is 76.9 cm³/mol. The Balaban J connectivity index is 2.21. The standard InChI is InChI=1S/C15H13FN2O3/c1-8-2-3-9(6-13(8)17)14(19)18-10-4-5-11(15(20)21)12(16)7-10/h2-7H,17H2,1H3,(H,18,19)(H,20,21). The quantitative estimate of drug-likeness (QED) is 0.757. The maximum absolute atomic E-state index is 13.5. The summed E-state index contributed by atoms with van der Waals surface area (Å²) in [7, 11) is 0. The fourth-order valence-electron chi connectivity index (χ4n) is 1.75. The maximum atomic E-state index is 13.5. The number of carboxylic acids is 1. The first-order valence-corrected chi connectivity index (χ1v) is 6.09. The summed E-state index contributed by atoms with van der Waals surface area (Å²) < 4.78 is 13.5. The van der Waals surface area contributed by atoms with Gasteiger partial charge in [-0.1, -0.05) is 6.07 Å². The molecule has 0 aromatic heterocycles. The topological polar surface area (TPSA) is 92.4 Å². The number of amides is 1. The van der Waals surface area contributed by atoms with Crippen LogP contribution in [0.1, 0.15) is 26.3 Å². The minimum atomic E-state index is -1.36. The molecule has 0 unspecified atom stereocenters. The van der Waals surface area contributed by atoms with Crippen LogP contribution in [0.5, 0.6) is 0 Å². The number of nitrogen functional groups attached to an aromatic ring is 1. The summed E-state index contributed by atoms with van der Waals surface area (Å²) >= 11 is 0. The zero-order valence-corrected chi connectivity index (χ0v) is 11.2. The summed E-state index contributed by atoms with van der Waals surface area (Å²) in [5.41, 5.74) is 7.11. The third-order valence-corrected chi connectivity index (χ3v) is 3.00. The summed E-state index contributed by atoms with van der Waals surface area (Å²) in [6.45, 7) is 1.82. The second-order valence-corrected chi connectivity index (χ2v) is 4.53. The fourth-order valence-corrected chi connectivity index (χ4v) is 1.75. The van der Waals surface area contributed by atoms with Gasteiger partial charge in [-0.25, -0.2) is 9.18 Å². The molecule has 0 heterocycles. The van der Waals surface area contributed by atoms with Crippen molar-refractivity contribution in [1.82, 2.24) is 0 Å². The lowest BCUT2D eigenvalue weighted by molar-refractivity contribution is 0.0692. The second-order valence-electron chi connectivity index (χ2n) is 4.53. The van der Waals surface area contributed by atoms with Crippen LogP contribution in [0.25, 0.3) is 0 Å². The Morgan fingerprint density at radius 2 is 1.90 bits per heavy atom. The van der Waals surface area contributed by atoms with Crippen LogP contribution in [0.4, 0.5) is 15.8 Å². The van der Waals surface area contributed by atoms with E-state index in [0.29, 0.717) is 11.3 Å². The molecule has 0 aliphatic rings. The molecule has 0 radical (unpaired) electrons. The highest BCUT2D eigenvalue weighted by molar-refractivity contribution is 6.05. The molecule has 2 rings (SSSR count). The first-order chi connectivity index (χ1) is 9.88. The summed E-state index contributed by atoms with van der Waals surface area (Å²) in [4.78, 5) is 22.7. The Bertz CT molecular complexity index is 729. The van der Waals surface area contributed by atoms with E-state index < -0.39 is 23.3 Å². The molecule has 4 N–H and O–H groups in total. The van der Waals surface area contributed by atoms with Crippen LogP contribution in [-0.2, 0) is 0 Å². The number of nitrogens with one attached hydrogen (secondary N) is 1. The smallest absolute Gasteiger partial charge is 0.338 e. The number of aryl methyl sites for hydroxylation is 1. The highest BCUT2D eigenvalue weighted by atomic mass is 19.1. The summed E-state index contributed by atoms with van der Waals surface area (Å²) in [6.07, 6.45) is 0. The van der Waals surface area contributed by atoms with Gasteiger partial charge >= 0.3 is 5.97 Å². The average Bonchev–Trinajstić information content (AvgIpc) is 2.41. The van der Waals surface area contributed by atoms with E-state index in [4.69, 9.17) is 10.8 Å². The Morgan fingerprint density at radius 3 is 2.48 bits per heavy atom. The molecule has 0 spiro atoms. The first kappa shape index (κ1) is 14.5. The van der Waals surface area contributed by atoms with E-state index in [0.717, 1.165) is 17.7 Å². The molecule has 2 aromatic rings. The van der Waals surface area contributed by atoms with E-state index in [1.165, 1.54) is 12.1 Å². The van der Waals surface area contributed by atoms with Gasteiger partial charge in [-0.3, -0.25) is 4.79 Å². The highest BCUT2D eigenvalue weighted by Crippen LogP contribution is 2.17. The molecular formula is C15H13FN2O3. The molecule has 0 bridgehead atoms. The maximum Gasteiger partial charge on any atom is 0.338 e. The Morgan fingerprint density at radius 1 is 1.19 bits per heavy atom. The van der Waals surface area contributed by atoms with E-state index in [1.54, 1.807) is 12.1 Å². The van der Waals surface area contributed by atoms with Gasteiger partial charge in [0.1, 0.15) is 5.82 Å². The number of carbonyl (C=O) groups excluding carboxylic acids is 1. The molecule has 0 saturated carbocycles. The number of carbonyl (C=O) groups is 2. The number of anilines is 2. The average molecular weight is 288 g/mol. The van der Waals surface area contributed by atoms with E-state index in [1.807, 2.05) is 6.92 Å². The van der Waals surface area contributed by atoms with Crippen molar-refractivity contribution in [2.45, 2.75) is 6.92 Å². The molecule has 2 aromatic carbocycles. The monoisotopic (exact) mass is 288 g/mol. The van der Waals surface area contributed by atoms with Gasteiger partial charge in [0, 0.05) is 16.9 Å². The van der Waals surface area contributed by atoms with Crippen molar-refractivity contribution >= 4 is 23.3 Å². The molecule has 0 aliphatic carbocycles. The van der Waals surface area contributed by atoms with Crippen molar-refractivity contribution in [2.75, 3.05) is 11.1 Å². The van der Waals surface area contributed by atoms with Crippen LogP contribution >= 0.6 is 0 Å². The van der Waals surface area contributed by atoms with E-state index in [9.17, 15) is 14.0 Å². The number of hydrogen-bond acceptors (Lipinski definition) is 3. The van der Waals surface area contributed by atoms with E-state index in [2.05, 4.69) is 5.32 Å². The summed E-state index contributed by atoms with van der Waals surface area (Å²) in [5.74, 6) is -2.73. The summed E-state index contributed by atoms with van der Waals surface area (Å²) in [5, 5.41) is 11.2. The molecule has 5 nitrogen and oxygen atoms in total.